The lowest BCUT2D eigenvalue weighted by Crippen LogP contribution is -2.39. The SMILES string of the molecule is CC1CC(O)(c2cccc(OC3CC3)c2)C1. The second kappa shape index (κ2) is 3.49. The molecule has 1 N–H and O–H groups in total. The highest BCUT2D eigenvalue weighted by Gasteiger charge is 2.41. The predicted molar refractivity (Wildman–Crippen MR) is 62.4 cm³/mol. The molecule has 0 aromatic heterocycles. The van der Waals surface area contributed by atoms with Gasteiger partial charge in [0.15, 0.2) is 0 Å². The molecule has 16 heavy (non-hydrogen) atoms. The Kier molecular flexibility index (Phi) is 2.21. The van der Waals surface area contributed by atoms with Crippen molar-refractivity contribution in [3.05, 3.63) is 29.8 Å². The average molecular weight is 218 g/mol. The molecule has 0 heterocycles. The topological polar surface area (TPSA) is 29.5 Å². The van der Waals surface area contributed by atoms with Crippen LogP contribution < -0.4 is 4.74 Å². The van der Waals surface area contributed by atoms with E-state index >= 15 is 0 Å². The first-order valence-electron chi connectivity index (χ1n) is 6.15. The standard InChI is InChI=1S/C14H18O2/c1-10-8-14(15,9-10)11-3-2-4-13(7-11)16-12-5-6-12/h2-4,7,10,12,15H,5-6,8-9H2,1H3. The van der Waals surface area contributed by atoms with Gasteiger partial charge in [0.1, 0.15) is 5.75 Å². The van der Waals surface area contributed by atoms with E-state index in [1.165, 1.54) is 12.8 Å². The molecule has 3 rings (SSSR count). The molecule has 2 aliphatic rings. The van der Waals surface area contributed by atoms with Gasteiger partial charge in [-0.15, -0.1) is 0 Å². The van der Waals surface area contributed by atoms with Crippen LogP contribution in [0.4, 0.5) is 0 Å². The van der Waals surface area contributed by atoms with Crippen LogP contribution in [0.5, 0.6) is 5.75 Å². The van der Waals surface area contributed by atoms with Crippen LogP contribution >= 0.6 is 0 Å². The Hall–Kier alpha value is -1.02. The average Bonchev–Trinajstić information content (AvgIpc) is 3.00. The lowest BCUT2D eigenvalue weighted by Gasteiger charge is -2.42. The van der Waals surface area contributed by atoms with E-state index in [2.05, 4.69) is 6.92 Å². The van der Waals surface area contributed by atoms with Crippen LogP contribution in [-0.4, -0.2) is 11.2 Å². The molecule has 0 spiro atoms. The smallest absolute Gasteiger partial charge is 0.120 e. The molecule has 0 unspecified atom stereocenters. The summed E-state index contributed by atoms with van der Waals surface area (Å²) in [6, 6.07) is 7.97. The summed E-state index contributed by atoms with van der Waals surface area (Å²) >= 11 is 0. The van der Waals surface area contributed by atoms with Gasteiger partial charge in [0, 0.05) is 0 Å². The molecule has 0 atom stereocenters. The highest BCUT2D eigenvalue weighted by atomic mass is 16.5. The molecule has 0 radical (unpaired) electrons. The van der Waals surface area contributed by atoms with Crippen LogP contribution in [0.2, 0.25) is 0 Å². The molecule has 86 valence electrons. The van der Waals surface area contributed by atoms with Crippen molar-refractivity contribution in [2.75, 3.05) is 0 Å². The van der Waals surface area contributed by atoms with Crippen molar-refractivity contribution in [2.45, 2.75) is 44.3 Å². The summed E-state index contributed by atoms with van der Waals surface area (Å²) in [6.45, 7) is 2.18. The minimum absolute atomic E-state index is 0.421. The fraction of sp³-hybridized carbons (Fsp3) is 0.571. The maximum Gasteiger partial charge on any atom is 0.120 e. The molecular weight excluding hydrogens is 200 g/mol. The Morgan fingerprint density at radius 1 is 1.31 bits per heavy atom. The molecular formula is C14H18O2. The zero-order valence-corrected chi connectivity index (χ0v) is 9.65. The Balaban J connectivity index is 1.78. The molecule has 2 nitrogen and oxygen atoms in total. The fourth-order valence-corrected chi connectivity index (χ4v) is 2.57. The van der Waals surface area contributed by atoms with Gasteiger partial charge in [0.25, 0.3) is 0 Å². The number of aliphatic hydroxyl groups is 1. The summed E-state index contributed by atoms with van der Waals surface area (Å²) in [7, 11) is 0. The second-order valence-electron chi connectivity index (χ2n) is 5.39. The molecule has 0 bridgehead atoms. The summed E-state index contributed by atoms with van der Waals surface area (Å²) in [6.07, 6.45) is 4.52. The minimum Gasteiger partial charge on any atom is -0.490 e. The summed E-state index contributed by atoms with van der Waals surface area (Å²) in [5.74, 6) is 1.55. The Bertz CT molecular complexity index is 389. The highest BCUT2D eigenvalue weighted by Crippen LogP contribution is 2.46. The van der Waals surface area contributed by atoms with E-state index in [1.807, 2.05) is 24.3 Å². The van der Waals surface area contributed by atoms with Crippen LogP contribution in [0.3, 0.4) is 0 Å². The van der Waals surface area contributed by atoms with E-state index in [-0.39, 0.29) is 0 Å². The molecule has 2 aliphatic carbocycles. The normalized spacial score (nSPS) is 33.2. The quantitative estimate of drug-likeness (QED) is 0.845. The molecule has 2 heteroatoms. The lowest BCUT2D eigenvalue weighted by atomic mass is 9.68. The van der Waals surface area contributed by atoms with Crippen molar-refractivity contribution in [1.29, 1.82) is 0 Å². The third kappa shape index (κ3) is 1.82. The number of hydrogen-bond acceptors (Lipinski definition) is 2. The van der Waals surface area contributed by atoms with Gasteiger partial charge in [-0.1, -0.05) is 19.1 Å². The van der Waals surface area contributed by atoms with Crippen molar-refractivity contribution in [2.24, 2.45) is 5.92 Å². The number of ether oxygens (including phenoxy) is 1. The molecule has 2 fully saturated rings. The van der Waals surface area contributed by atoms with E-state index in [1.54, 1.807) is 0 Å². The van der Waals surface area contributed by atoms with E-state index in [0.29, 0.717) is 12.0 Å². The molecule has 1 aromatic rings. The van der Waals surface area contributed by atoms with Crippen LogP contribution in [0, 0.1) is 5.92 Å². The minimum atomic E-state index is -0.595. The number of hydrogen-bond donors (Lipinski definition) is 1. The first-order chi connectivity index (χ1) is 7.66. The first-order valence-corrected chi connectivity index (χ1v) is 6.15. The Labute approximate surface area is 96.2 Å². The maximum atomic E-state index is 10.4. The lowest BCUT2D eigenvalue weighted by molar-refractivity contribution is -0.0739. The van der Waals surface area contributed by atoms with Crippen molar-refractivity contribution >= 4 is 0 Å². The van der Waals surface area contributed by atoms with Gasteiger partial charge in [0.2, 0.25) is 0 Å². The third-order valence-corrected chi connectivity index (χ3v) is 3.57. The summed E-state index contributed by atoms with van der Waals surface area (Å²) < 4.78 is 5.75. The van der Waals surface area contributed by atoms with Crippen molar-refractivity contribution < 1.29 is 9.84 Å². The Morgan fingerprint density at radius 3 is 2.69 bits per heavy atom. The number of benzene rings is 1. The van der Waals surface area contributed by atoms with E-state index in [9.17, 15) is 5.11 Å². The zero-order chi connectivity index (χ0) is 11.2. The van der Waals surface area contributed by atoms with E-state index < -0.39 is 5.60 Å². The monoisotopic (exact) mass is 218 g/mol. The van der Waals surface area contributed by atoms with Crippen molar-refractivity contribution in [3.63, 3.8) is 0 Å². The second-order valence-corrected chi connectivity index (χ2v) is 5.39. The zero-order valence-electron chi connectivity index (χ0n) is 9.65. The van der Waals surface area contributed by atoms with Gasteiger partial charge in [-0.3, -0.25) is 0 Å². The summed E-state index contributed by atoms with van der Waals surface area (Å²) in [4.78, 5) is 0. The van der Waals surface area contributed by atoms with Crippen molar-refractivity contribution in [3.8, 4) is 5.75 Å². The molecule has 2 saturated carbocycles. The summed E-state index contributed by atoms with van der Waals surface area (Å²) in [5.41, 5.74) is 0.422. The van der Waals surface area contributed by atoms with E-state index in [0.717, 1.165) is 24.2 Å². The molecule has 1 aromatic carbocycles. The van der Waals surface area contributed by atoms with Gasteiger partial charge >= 0.3 is 0 Å². The van der Waals surface area contributed by atoms with Gasteiger partial charge in [-0.05, 0) is 49.3 Å². The van der Waals surface area contributed by atoms with E-state index in [4.69, 9.17) is 4.74 Å². The third-order valence-electron chi connectivity index (χ3n) is 3.57. The number of rotatable bonds is 3. The molecule has 0 saturated heterocycles. The van der Waals surface area contributed by atoms with Gasteiger partial charge in [0.05, 0.1) is 11.7 Å². The molecule has 0 aliphatic heterocycles. The van der Waals surface area contributed by atoms with Crippen LogP contribution in [0.1, 0.15) is 38.2 Å². The van der Waals surface area contributed by atoms with Gasteiger partial charge in [-0.2, -0.15) is 0 Å². The predicted octanol–water partition coefficient (Wildman–Crippen LogP) is 2.85. The van der Waals surface area contributed by atoms with Gasteiger partial charge in [-0.25, -0.2) is 0 Å². The first kappa shape index (κ1) is 10.2. The highest BCUT2D eigenvalue weighted by molar-refractivity contribution is 5.34. The van der Waals surface area contributed by atoms with Crippen LogP contribution in [0.15, 0.2) is 24.3 Å². The largest absolute Gasteiger partial charge is 0.490 e. The maximum absolute atomic E-state index is 10.4. The van der Waals surface area contributed by atoms with Crippen LogP contribution in [-0.2, 0) is 5.60 Å². The Morgan fingerprint density at radius 2 is 2.06 bits per heavy atom. The van der Waals surface area contributed by atoms with Crippen molar-refractivity contribution in [1.82, 2.24) is 0 Å². The molecule has 0 amide bonds. The van der Waals surface area contributed by atoms with Gasteiger partial charge < -0.3 is 9.84 Å². The van der Waals surface area contributed by atoms with Crippen LogP contribution in [0.25, 0.3) is 0 Å². The summed E-state index contributed by atoms with van der Waals surface area (Å²) in [5, 5.41) is 10.4. The fourth-order valence-electron chi connectivity index (χ4n) is 2.57.